The summed E-state index contributed by atoms with van der Waals surface area (Å²) in [6.45, 7) is 4.65. The summed E-state index contributed by atoms with van der Waals surface area (Å²) in [6, 6.07) is 11.8. The number of aromatic amines is 1. The summed E-state index contributed by atoms with van der Waals surface area (Å²) < 4.78 is 5.51. The number of rotatable bonds is 4. The van der Waals surface area contributed by atoms with Gasteiger partial charge < -0.3 is 20.9 Å². The van der Waals surface area contributed by atoms with E-state index in [2.05, 4.69) is 16.0 Å². The van der Waals surface area contributed by atoms with Crippen LogP contribution >= 0.6 is 11.8 Å². The Balaban J connectivity index is 0.00000176. The SMILES string of the molecule is CCOc1ccc2nc(Sc3cccc(N)c3C)[nH]c2c1.O. The number of aromatic nitrogens is 2. The molecule has 1 aromatic heterocycles. The molecule has 0 aliphatic rings. The molecule has 5 nitrogen and oxygen atoms in total. The summed E-state index contributed by atoms with van der Waals surface area (Å²) in [5.74, 6) is 0.852. The lowest BCUT2D eigenvalue weighted by molar-refractivity contribution is 0.340. The van der Waals surface area contributed by atoms with E-state index in [0.717, 1.165) is 38.1 Å². The molecule has 0 aliphatic carbocycles. The van der Waals surface area contributed by atoms with Gasteiger partial charge in [-0.25, -0.2) is 4.98 Å². The van der Waals surface area contributed by atoms with Gasteiger partial charge in [-0.2, -0.15) is 0 Å². The van der Waals surface area contributed by atoms with Crippen LogP contribution in [0, 0.1) is 6.92 Å². The maximum Gasteiger partial charge on any atom is 0.171 e. The molecule has 0 amide bonds. The van der Waals surface area contributed by atoms with Crippen molar-refractivity contribution < 1.29 is 10.2 Å². The molecule has 0 bridgehead atoms. The molecule has 0 aliphatic heterocycles. The van der Waals surface area contributed by atoms with Gasteiger partial charge in [0.05, 0.1) is 17.6 Å². The zero-order chi connectivity index (χ0) is 14.8. The Morgan fingerprint density at radius 3 is 2.86 bits per heavy atom. The van der Waals surface area contributed by atoms with Crippen molar-refractivity contribution in [3.8, 4) is 5.75 Å². The first kappa shape index (κ1) is 16.2. The number of nitrogens with zero attached hydrogens (tertiary/aromatic N) is 1. The predicted octanol–water partition coefficient (Wildman–Crippen LogP) is 3.18. The van der Waals surface area contributed by atoms with E-state index in [1.807, 2.05) is 44.2 Å². The lowest BCUT2D eigenvalue weighted by atomic mass is 10.2. The third-order valence-electron chi connectivity index (χ3n) is 3.28. The van der Waals surface area contributed by atoms with Crippen molar-refractivity contribution >= 4 is 28.5 Å². The largest absolute Gasteiger partial charge is 0.494 e. The number of ether oxygens (including phenoxy) is 1. The van der Waals surface area contributed by atoms with Crippen molar-refractivity contribution in [3.05, 3.63) is 42.0 Å². The van der Waals surface area contributed by atoms with Crippen molar-refractivity contribution in [2.45, 2.75) is 23.9 Å². The van der Waals surface area contributed by atoms with Gasteiger partial charge in [0.1, 0.15) is 5.75 Å². The van der Waals surface area contributed by atoms with E-state index in [0.29, 0.717) is 6.61 Å². The smallest absolute Gasteiger partial charge is 0.171 e. The highest BCUT2D eigenvalue weighted by Crippen LogP contribution is 2.32. The minimum absolute atomic E-state index is 0. The Labute approximate surface area is 133 Å². The molecule has 0 radical (unpaired) electrons. The molecular weight excluding hydrogens is 298 g/mol. The molecule has 1 heterocycles. The van der Waals surface area contributed by atoms with Gasteiger partial charge >= 0.3 is 0 Å². The molecule has 0 atom stereocenters. The first-order valence-electron chi connectivity index (χ1n) is 6.83. The number of hydrogen-bond acceptors (Lipinski definition) is 4. The quantitative estimate of drug-likeness (QED) is 0.722. The Bertz CT molecular complexity index is 786. The highest BCUT2D eigenvalue weighted by molar-refractivity contribution is 7.99. The van der Waals surface area contributed by atoms with Crippen LogP contribution in [0.3, 0.4) is 0 Å². The Morgan fingerprint density at radius 1 is 1.27 bits per heavy atom. The predicted molar refractivity (Wildman–Crippen MR) is 90.6 cm³/mol. The van der Waals surface area contributed by atoms with E-state index in [-0.39, 0.29) is 5.48 Å². The van der Waals surface area contributed by atoms with E-state index in [1.54, 1.807) is 11.8 Å². The summed E-state index contributed by atoms with van der Waals surface area (Å²) in [5.41, 5.74) is 9.73. The second-order valence-electron chi connectivity index (χ2n) is 4.73. The number of nitrogen functional groups attached to an aromatic ring is 1. The number of fused-ring (bicyclic) bond motifs is 1. The average molecular weight is 317 g/mol. The van der Waals surface area contributed by atoms with Crippen LogP contribution in [0.5, 0.6) is 5.75 Å². The van der Waals surface area contributed by atoms with Gasteiger partial charge in [0.25, 0.3) is 0 Å². The van der Waals surface area contributed by atoms with Gasteiger partial charge in [0, 0.05) is 16.6 Å². The summed E-state index contributed by atoms with van der Waals surface area (Å²) in [6.07, 6.45) is 0. The summed E-state index contributed by atoms with van der Waals surface area (Å²) in [4.78, 5) is 9.02. The molecule has 3 rings (SSSR count). The van der Waals surface area contributed by atoms with Gasteiger partial charge in [0.15, 0.2) is 5.16 Å². The molecule has 0 saturated heterocycles. The standard InChI is InChI=1S/C16H17N3OS.H2O/c1-3-20-11-7-8-13-14(9-11)19-16(18-13)21-15-6-4-5-12(17)10(15)2;/h4-9H,3,17H2,1-2H3,(H,18,19);1H2. The second-order valence-corrected chi connectivity index (χ2v) is 5.76. The molecule has 22 heavy (non-hydrogen) atoms. The molecule has 116 valence electrons. The lowest BCUT2D eigenvalue weighted by Gasteiger charge is -2.05. The van der Waals surface area contributed by atoms with E-state index < -0.39 is 0 Å². The average Bonchev–Trinajstić information content (AvgIpc) is 2.86. The molecule has 0 saturated carbocycles. The maximum absolute atomic E-state index is 5.94. The third-order valence-corrected chi connectivity index (χ3v) is 4.32. The topological polar surface area (TPSA) is 95.4 Å². The number of nitrogens with one attached hydrogen (secondary N) is 1. The molecule has 0 spiro atoms. The first-order chi connectivity index (χ1) is 10.2. The minimum Gasteiger partial charge on any atom is -0.494 e. The molecule has 5 N–H and O–H groups in total. The Kier molecular flexibility index (Phi) is 4.95. The number of hydrogen-bond donors (Lipinski definition) is 2. The van der Waals surface area contributed by atoms with Crippen LogP contribution in [-0.4, -0.2) is 22.1 Å². The molecule has 3 aromatic rings. The Morgan fingerprint density at radius 2 is 2.09 bits per heavy atom. The fraction of sp³-hybridized carbons (Fsp3) is 0.188. The summed E-state index contributed by atoms with van der Waals surface area (Å²) in [7, 11) is 0. The minimum atomic E-state index is 0. The van der Waals surface area contributed by atoms with Gasteiger partial charge in [-0.15, -0.1) is 0 Å². The highest BCUT2D eigenvalue weighted by Gasteiger charge is 2.08. The monoisotopic (exact) mass is 317 g/mol. The maximum atomic E-state index is 5.94. The molecular formula is C16H19N3O2S. The van der Waals surface area contributed by atoms with Crippen molar-refractivity contribution in [1.82, 2.24) is 9.97 Å². The zero-order valence-corrected chi connectivity index (χ0v) is 13.3. The van der Waals surface area contributed by atoms with Gasteiger partial charge in [-0.05, 0) is 43.7 Å². The van der Waals surface area contributed by atoms with Crippen LogP contribution in [0.2, 0.25) is 0 Å². The van der Waals surface area contributed by atoms with Crippen molar-refractivity contribution in [2.24, 2.45) is 0 Å². The number of H-pyrrole nitrogens is 1. The summed E-state index contributed by atoms with van der Waals surface area (Å²) in [5, 5.41) is 0.854. The fourth-order valence-corrected chi connectivity index (χ4v) is 3.05. The molecule has 0 fully saturated rings. The number of nitrogens with two attached hydrogens (primary N) is 1. The van der Waals surface area contributed by atoms with E-state index in [1.165, 1.54) is 0 Å². The van der Waals surface area contributed by atoms with Gasteiger partial charge in [-0.3, -0.25) is 0 Å². The number of benzene rings is 2. The van der Waals surface area contributed by atoms with Gasteiger partial charge in [0.2, 0.25) is 0 Å². The second kappa shape index (κ2) is 6.72. The highest BCUT2D eigenvalue weighted by atomic mass is 32.2. The zero-order valence-electron chi connectivity index (χ0n) is 12.5. The van der Waals surface area contributed by atoms with Crippen LogP contribution in [0.4, 0.5) is 5.69 Å². The lowest BCUT2D eigenvalue weighted by Crippen LogP contribution is -1.90. The van der Waals surface area contributed by atoms with Crippen LogP contribution in [0.15, 0.2) is 46.5 Å². The van der Waals surface area contributed by atoms with Gasteiger partial charge in [-0.1, -0.05) is 17.8 Å². The van der Waals surface area contributed by atoms with Crippen LogP contribution < -0.4 is 10.5 Å². The van der Waals surface area contributed by atoms with Crippen molar-refractivity contribution in [3.63, 3.8) is 0 Å². The van der Waals surface area contributed by atoms with Crippen LogP contribution in [0.1, 0.15) is 12.5 Å². The fourth-order valence-electron chi connectivity index (χ4n) is 2.12. The van der Waals surface area contributed by atoms with E-state index >= 15 is 0 Å². The third kappa shape index (κ3) is 3.18. The normalized spacial score (nSPS) is 10.5. The van der Waals surface area contributed by atoms with E-state index in [9.17, 15) is 0 Å². The first-order valence-corrected chi connectivity index (χ1v) is 7.64. The number of imidazole rings is 1. The molecule has 2 aromatic carbocycles. The number of anilines is 1. The molecule has 0 unspecified atom stereocenters. The Hall–Kier alpha value is -2.18. The van der Waals surface area contributed by atoms with Crippen LogP contribution in [0.25, 0.3) is 11.0 Å². The van der Waals surface area contributed by atoms with Crippen molar-refractivity contribution in [1.29, 1.82) is 0 Å². The van der Waals surface area contributed by atoms with Crippen molar-refractivity contribution in [2.75, 3.05) is 12.3 Å². The van der Waals surface area contributed by atoms with Crippen LogP contribution in [-0.2, 0) is 0 Å². The van der Waals surface area contributed by atoms with E-state index in [4.69, 9.17) is 10.5 Å². The molecule has 6 heteroatoms. The summed E-state index contributed by atoms with van der Waals surface area (Å²) >= 11 is 1.59.